The Labute approximate surface area is 219 Å². The van der Waals surface area contributed by atoms with E-state index in [9.17, 15) is 14.0 Å². The van der Waals surface area contributed by atoms with Gasteiger partial charge in [0.05, 0.1) is 5.75 Å². The first-order valence-corrected chi connectivity index (χ1v) is 13.5. The molecule has 0 radical (unpaired) electrons. The third kappa shape index (κ3) is 8.82. The van der Waals surface area contributed by atoms with Gasteiger partial charge in [-0.05, 0) is 54.8 Å². The maximum absolute atomic E-state index is 13.6. The molecule has 0 spiro atoms. The minimum atomic E-state index is -0.655. The van der Waals surface area contributed by atoms with Gasteiger partial charge in [-0.3, -0.25) is 9.59 Å². The first-order valence-electron chi connectivity index (χ1n) is 11.5. The van der Waals surface area contributed by atoms with E-state index in [1.807, 2.05) is 68.4 Å². The van der Waals surface area contributed by atoms with Crippen LogP contribution in [0.1, 0.15) is 30.5 Å². The van der Waals surface area contributed by atoms with Gasteiger partial charge in [0.1, 0.15) is 11.9 Å². The third-order valence-electron chi connectivity index (χ3n) is 5.35. The van der Waals surface area contributed by atoms with E-state index >= 15 is 0 Å². The van der Waals surface area contributed by atoms with Gasteiger partial charge in [0.25, 0.3) is 0 Å². The second-order valence-corrected chi connectivity index (χ2v) is 10.5. The van der Waals surface area contributed by atoms with E-state index in [0.29, 0.717) is 18.7 Å². The molecule has 3 aromatic carbocycles. The van der Waals surface area contributed by atoms with Crippen molar-refractivity contribution in [2.24, 2.45) is 0 Å². The Kier molecular flexibility index (Phi) is 10.4. The zero-order valence-electron chi connectivity index (χ0n) is 19.9. The molecular weight excluding hydrogens is 527 g/mol. The number of nitrogens with one attached hydrogen (secondary N) is 1. The summed E-state index contributed by atoms with van der Waals surface area (Å²) in [4.78, 5) is 28.6. The molecule has 0 aromatic heterocycles. The highest BCUT2D eigenvalue weighted by Crippen LogP contribution is 2.20. The SMILES string of the molecule is CC(C)NC(=O)[C@H](Cc1ccccc1)N(Cc1cccc(Br)c1)C(=O)CSCc1ccc(F)cc1. The summed E-state index contributed by atoms with van der Waals surface area (Å²) >= 11 is 4.96. The number of carbonyl (C=O) groups is 2. The van der Waals surface area contributed by atoms with Crippen molar-refractivity contribution in [1.29, 1.82) is 0 Å². The van der Waals surface area contributed by atoms with Crippen LogP contribution >= 0.6 is 27.7 Å². The number of rotatable bonds is 11. The van der Waals surface area contributed by atoms with E-state index < -0.39 is 6.04 Å². The molecule has 0 bridgehead atoms. The largest absolute Gasteiger partial charge is 0.352 e. The quantitative estimate of drug-likeness (QED) is 0.315. The molecule has 0 saturated carbocycles. The van der Waals surface area contributed by atoms with Gasteiger partial charge in [0.15, 0.2) is 0 Å². The van der Waals surface area contributed by atoms with Gasteiger partial charge < -0.3 is 10.2 Å². The van der Waals surface area contributed by atoms with Gasteiger partial charge in [-0.25, -0.2) is 4.39 Å². The molecule has 7 heteroatoms. The van der Waals surface area contributed by atoms with E-state index in [1.165, 1.54) is 23.9 Å². The molecule has 0 fully saturated rings. The summed E-state index contributed by atoms with van der Waals surface area (Å²) in [5, 5.41) is 3.00. The maximum Gasteiger partial charge on any atom is 0.243 e. The van der Waals surface area contributed by atoms with Crippen molar-refractivity contribution in [3.8, 4) is 0 Å². The summed E-state index contributed by atoms with van der Waals surface area (Å²) in [6, 6.07) is 23.1. The molecule has 0 heterocycles. The normalized spacial score (nSPS) is 11.8. The van der Waals surface area contributed by atoms with Gasteiger partial charge in [-0.15, -0.1) is 11.8 Å². The summed E-state index contributed by atoms with van der Waals surface area (Å²) in [5.41, 5.74) is 2.87. The van der Waals surface area contributed by atoms with E-state index in [-0.39, 0.29) is 29.4 Å². The van der Waals surface area contributed by atoms with Gasteiger partial charge in [-0.1, -0.05) is 70.5 Å². The summed E-state index contributed by atoms with van der Waals surface area (Å²) in [6.45, 7) is 4.14. The van der Waals surface area contributed by atoms with Crippen LogP contribution in [0.3, 0.4) is 0 Å². The molecule has 35 heavy (non-hydrogen) atoms. The van der Waals surface area contributed by atoms with Crippen LogP contribution < -0.4 is 5.32 Å². The number of hydrogen-bond acceptors (Lipinski definition) is 3. The Balaban J connectivity index is 1.84. The summed E-state index contributed by atoms with van der Waals surface area (Å²) in [7, 11) is 0. The molecule has 184 valence electrons. The van der Waals surface area contributed by atoms with Crippen LogP contribution in [0, 0.1) is 5.82 Å². The number of thioether (sulfide) groups is 1. The number of hydrogen-bond donors (Lipinski definition) is 1. The predicted molar refractivity (Wildman–Crippen MR) is 144 cm³/mol. The predicted octanol–water partition coefficient (Wildman–Crippen LogP) is 5.99. The van der Waals surface area contributed by atoms with Crippen LogP contribution in [0.2, 0.25) is 0 Å². The van der Waals surface area contributed by atoms with Gasteiger partial charge in [0, 0.05) is 29.2 Å². The van der Waals surface area contributed by atoms with Gasteiger partial charge in [-0.2, -0.15) is 0 Å². The molecule has 0 aliphatic carbocycles. The fourth-order valence-electron chi connectivity index (χ4n) is 3.69. The van der Waals surface area contributed by atoms with Crippen LogP contribution in [0.5, 0.6) is 0 Å². The zero-order chi connectivity index (χ0) is 25.2. The van der Waals surface area contributed by atoms with Crippen molar-refractivity contribution in [3.63, 3.8) is 0 Å². The van der Waals surface area contributed by atoms with E-state index in [4.69, 9.17) is 0 Å². The molecule has 0 aliphatic heterocycles. The topological polar surface area (TPSA) is 49.4 Å². The van der Waals surface area contributed by atoms with Crippen molar-refractivity contribution in [2.75, 3.05) is 5.75 Å². The highest BCUT2D eigenvalue weighted by molar-refractivity contribution is 9.10. The standard InChI is InChI=1S/C28H30BrFN2O2S/c1-20(2)31-28(34)26(16-21-7-4-3-5-8-21)32(17-23-9-6-10-24(29)15-23)27(33)19-35-18-22-11-13-25(30)14-12-22/h3-15,20,26H,16-19H2,1-2H3,(H,31,34)/t26-/m0/s1. The Hall–Kier alpha value is -2.64. The Morgan fingerprint density at radius 2 is 1.63 bits per heavy atom. The fourth-order valence-corrected chi connectivity index (χ4v) is 5.00. The Morgan fingerprint density at radius 3 is 2.29 bits per heavy atom. The van der Waals surface area contributed by atoms with Crippen molar-refractivity contribution >= 4 is 39.5 Å². The third-order valence-corrected chi connectivity index (χ3v) is 6.83. The first kappa shape index (κ1) is 27.0. The number of carbonyl (C=O) groups excluding carboxylic acids is 2. The lowest BCUT2D eigenvalue weighted by molar-refractivity contribution is -0.139. The number of amides is 2. The molecule has 3 rings (SSSR count). The molecule has 1 N–H and O–H groups in total. The van der Waals surface area contributed by atoms with Gasteiger partial charge >= 0.3 is 0 Å². The minimum Gasteiger partial charge on any atom is -0.352 e. The average molecular weight is 558 g/mol. The highest BCUT2D eigenvalue weighted by atomic mass is 79.9. The van der Waals surface area contributed by atoms with Crippen molar-refractivity contribution < 1.29 is 14.0 Å². The van der Waals surface area contributed by atoms with Crippen LogP contribution in [0.4, 0.5) is 4.39 Å². The van der Waals surface area contributed by atoms with Crippen LogP contribution in [-0.2, 0) is 28.3 Å². The van der Waals surface area contributed by atoms with Crippen LogP contribution in [0.25, 0.3) is 0 Å². The number of halogens is 2. The average Bonchev–Trinajstić information content (AvgIpc) is 2.82. The molecule has 0 unspecified atom stereocenters. The summed E-state index contributed by atoms with van der Waals surface area (Å²) < 4.78 is 14.1. The van der Waals surface area contributed by atoms with E-state index in [2.05, 4.69) is 21.2 Å². The molecule has 0 aliphatic rings. The Bertz CT molecular complexity index is 1110. The minimum absolute atomic E-state index is 0.0450. The summed E-state index contributed by atoms with van der Waals surface area (Å²) in [6.07, 6.45) is 0.418. The molecule has 2 amide bonds. The number of nitrogens with zero attached hydrogens (tertiary/aromatic N) is 1. The maximum atomic E-state index is 13.6. The highest BCUT2D eigenvalue weighted by Gasteiger charge is 2.30. The van der Waals surface area contributed by atoms with E-state index in [1.54, 1.807) is 17.0 Å². The lowest BCUT2D eigenvalue weighted by Crippen LogP contribution is -2.52. The van der Waals surface area contributed by atoms with E-state index in [0.717, 1.165) is 21.2 Å². The molecule has 0 saturated heterocycles. The van der Waals surface area contributed by atoms with Crippen molar-refractivity contribution in [1.82, 2.24) is 10.2 Å². The molecule has 4 nitrogen and oxygen atoms in total. The summed E-state index contributed by atoms with van der Waals surface area (Å²) in [5.74, 6) is 0.229. The molecule has 3 aromatic rings. The monoisotopic (exact) mass is 556 g/mol. The second kappa shape index (κ2) is 13.4. The Morgan fingerprint density at radius 1 is 0.943 bits per heavy atom. The number of benzene rings is 3. The van der Waals surface area contributed by atoms with Crippen LogP contribution in [-0.4, -0.2) is 34.6 Å². The van der Waals surface area contributed by atoms with Crippen molar-refractivity contribution in [2.45, 2.75) is 44.6 Å². The van der Waals surface area contributed by atoms with Gasteiger partial charge in [0.2, 0.25) is 11.8 Å². The zero-order valence-corrected chi connectivity index (χ0v) is 22.3. The second-order valence-electron chi connectivity index (χ2n) is 8.64. The lowest BCUT2D eigenvalue weighted by atomic mass is 10.0. The molecular formula is C28H30BrFN2O2S. The first-order chi connectivity index (χ1) is 16.8. The molecule has 1 atom stereocenters. The van der Waals surface area contributed by atoms with Crippen LogP contribution in [0.15, 0.2) is 83.3 Å². The fraction of sp³-hybridized carbons (Fsp3) is 0.286. The smallest absolute Gasteiger partial charge is 0.243 e. The van der Waals surface area contributed by atoms with Crippen molar-refractivity contribution in [3.05, 3.63) is 106 Å². The lowest BCUT2D eigenvalue weighted by Gasteiger charge is -2.32.